The van der Waals surface area contributed by atoms with Gasteiger partial charge in [-0.15, -0.1) is 6.42 Å². The molecular formula is C18H26N2O. The maximum Gasteiger partial charge on any atom is 0.119 e. The molecule has 2 rings (SSSR count). The zero-order valence-corrected chi connectivity index (χ0v) is 13.0. The van der Waals surface area contributed by atoms with E-state index in [4.69, 9.17) is 11.2 Å². The van der Waals surface area contributed by atoms with Crippen LogP contribution >= 0.6 is 0 Å². The Morgan fingerprint density at radius 1 is 1.33 bits per heavy atom. The normalized spacial score (nSPS) is 14.1. The van der Waals surface area contributed by atoms with Crippen molar-refractivity contribution >= 4 is 0 Å². The molecule has 0 spiro atoms. The van der Waals surface area contributed by atoms with Gasteiger partial charge in [-0.25, -0.2) is 0 Å². The molecular weight excluding hydrogens is 260 g/mol. The van der Waals surface area contributed by atoms with Gasteiger partial charge in [0.15, 0.2) is 0 Å². The van der Waals surface area contributed by atoms with E-state index >= 15 is 0 Å². The average molecular weight is 286 g/mol. The third-order valence-corrected chi connectivity index (χ3v) is 3.71. The molecule has 1 aliphatic rings. The lowest BCUT2D eigenvalue weighted by Gasteiger charge is -2.19. The number of terminal acetylenes is 1. The molecule has 21 heavy (non-hydrogen) atoms. The van der Waals surface area contributed by atoms with Gasteiger partial charge in [-0.3, -0.25) is 4.90 Å². The summed E-state index contributed by atoms with van der Waals surface area (Å²) < 4.78 is 5.81. The SMILES string of the molecule is C#CCN(CCOc1ccc(CNCC)cc1)CC1CC1. The predicted octanol–water partition coefficient (Wildman–Crippen LogP) is 2.52. The summed E-state index contributed by atoms with van der Waals surface area (Å²) in [7, 11) is 0. The van der Waals surface area contributed by atoms with Crippen LogP contribution in [0.2, 0.25) is 0 Å². The van der Waals surface area contributed by atoms with Crippen molar-refractivity contribution in [1.29, 1.82) is 0 Å². The van der Waals surface area contributed by atoms with E-state index in [1.807, 2.05) is 12.1 Å². The number of rotatable bonds is 10. The zero-order valence-electron chi connectivity index (χ0n) is 13.0. The summed E-state index contributed by atoms with van der Waals surface area (Å²) in [5.74, 6) is 4.54. The molecule has 0 atom stereocenters. The second-order valence-corrected chi connectivity index (χ2v) is 5.66. The Balaban J connectivity index is 1.70. The van der Waals surface area contributed by atoms with Crippen molar-refractivity contribution in [2.24, 2.45) is 5.92 Å². The zero-order chi connectivity index (χ0) is 14.9. The topological polar surface area (TPSA) is 24.5 Å². The first kappa shape index (κ1) is 15.9. The molecule has 1 aromatic carbocycles. The largest absolute Gasteiger partial charge is 0.492 e. The summed E-state index contributed by atoms with van der Waals surface area (Å²) >= 11 is 0. The average Bonchev–Trinajstić information content (AvgIpc) is 3.30. The van der Waals surface area contributed by atoms with Gasteiger partial charge in [-0.1, -0.05) is 25.0 Å². The fraction of sp³-hybridized carbons (Fsp3) is 0.556. The first-order chi connectivity index (χ1) is 10.3. The quantitative estimate of drug-likeness (QED) is 0.669. The lowest BCUT2D eigenvalue weighted by molar-refractivity contribution is 0.219. The Morgan fingerprint density at radius 3 is 2.71 bits per heavy atom. The van der Waals surface area contributed by atoms with E-state index in [1.54, 1.807) is 0 Å². The minimum Gasteiger partial charge on any atom is -0.492 e. The maximum atomic E-state index is 5.81. The summed E-state index contributed by atoms with van der Waals surface area (Å²) in [6.07, 6.45) is 8.14. The van der Waals surface area contributed by atoms with Gasteiger partial charge in [0, 0.05) is 19.6 Å². The first-order valence-electron chi connectivity index (χ1n) is 7.90. The van der Waals surface area contributed by atoms with Gasteiger partial charge in [0.2, 0.25) is 0 Å². The lowest BCUT2D eigenvalue weighted by Crippen LogP contribution is -2.30. The van der Waals surface area contributed by atoms with Crippen molar-refractivity contribution in [2.45, 2.75) is 26.3 Å². The third kappa shape index (κ3) is 6.20. The molecule has 1 aromatic rings. The maximum absolute atomic E-state index is 5.81. The van der Waals surface area contributed by atoms with Crippen molar-refractivity contribution in [3.8, 4) is 18.1 Å². The lowest BCUT2D eigenvalue weighted by atomic mass is 10.2. The molecule has 0 unspecified atom stereocenters. The van der Waals surface area contributed by atoms with Crippen LogP contribution in [-0.4, -0.2) is 37.7 Å². The van der Waals surface area contributed by atoms with Crippen LogP contribution in [0.15, 0.2) is 24.3 Å². The highest BCUT2D eigenvalue weighted by Crippen LogP contribution is 2.29. The smallest absolute Gasteiger partial charge is 0.119 e. The van der Waals surface area contributed by atoms with Gasteiger partial charge in [0.1, 0.15) is 12.4 Å². The van der Waals surface area contributed by atoms with Crippen molar-refractivity contribution in [1.82, 2.24) is 10.2 Å². The second-order valence-electron chi connectivity index (χ2n) is 5.66. The minimum absolute atomic E-state index is 0.695. The Labute approximate surface area is 128 Å². The van der Waals surface area contributed by atoms with Crippen LogP contribution in [0.5, 0.6) is 5.75 Å². The highest BCUT2D eigenvalue weighted by Gasteiger charge is 2.23. The van der Waals surface area contributed by atoms with E-state index in [0.717, 1.165) is 44.4 Å². The van der Waals surface area contributed by atoms with Crippen LogP contribution in [-0.2, 0) is 6.54 Å². The van der Waals surface area contributed by atoms with E-state index in [2.05, 4.69) is 35.2 Å². The third-order valence-electron chi connectivity index (χ3n) is 3.71. The molecule has 1 fully saturated rings. The summed E-state index contributed by atoms with van der Waals surface area (Å²) in [4.78, 5) is 2.32. The molecule has 3 heteroatoms. The molecule has 0 radical (unpaired) electrons. The summed E-state index contributed by atoms with van der Waals surface area (Å²) in [6, 6.07) is 8.31. The summed E-state index contributed by atoms with van der Waals surface area (Å²) in [5, 5.41) is 3.31. The van der Waals surface area contributed by atoms with E-state index in [0.29, 0.717) is 6.61 Å². The number of ether oxygens (including phenoxy) is 1. The van der Waals surface area contributed by atoms with Crippen LogP contribution in [0, 0.1) is 18.3 Å². The molecule has 114 valence electrons. The van der Waals surface area contributed by atoms with Gasteiger partial charge in [-0.2, -0.15) is 0 Å². The van der Waals surface area contributed by atoms with Crippen molar-refractivity contribution in [3.05, 3.63) is 29.8 Å². The van der Waals surface area contributed by atoms with Crippen LogP contribution in [0.25, 0.3) is 0 Å². The Bertz CT molecular complexity index is 445. The summed E-state index contributed by atoms with van der Waals surface area (Å²) in [6.45, 7) is 7.46. The first-order valence-corrected chi connectivity index (χ1v) is 7.90. The molecule has 0 saturated heterocycles. The highest BCUT2D eigenvalue weighted by atomic mass is 16.5. The van der Waals surface area contributed by atoms with E-state index in [1.165, 1.54) is 18.4 Å². The standard InChI is InChI=1S/C18H26N2O/c1-3-11-20(15-17-5-6-17)12-13-21-18-9-7-16(8-10-18)14-19-4-2/h1,7-10,17,19H,4-6,11-15H2,2H3. The fourth-order valence-electron chi connectivity index (χ4n) is 2.30. The highest BCUT2D eigenvalue weighted by molar-refractivity contribution is 5.27. The minimum atomic E-state index is 0.695. The van der Waals surface area contributed by atoms with E-state index in [-0.39, 0.29) is 0 Å². The van der Waals surface area contributed by atoms with Crippen molar-refractivity contribution in [2.75, 3.05) is 32.8 Å². The van der Waals surface area contributed by atoms with Gasteiger partial charge >= 0.3 is 0 Å². The predicted molar refractivity (Wildman–Crippen MR) is 87.3 cm³/mol. The molecule has 1 N–H and O–H groups in total. The number of nitrogens with one attached hydrogen (secondary N) is 1. The molecule has 0 aromatic heterocycles. The Morgan fingerprint density at radius 2 is 2.10 bits per heavy atom. The molecule has 3 nitrogen and oxygen atoms in total. The molecule has 0 heterocycles. The molecule has 0 amide bonds. The van der Waals surface area contributed by atoms with E-state index < -0.39 is 0 Å². The van der Waals surface area contributed by atoms with E-state index in [9.17, 15) is 0 Å². The van der Waals surface area contributed by atoms with Crippen LogP contribution in [0.3, 0.4) is 0 Å². The van der Waals surface area contributed by atoms with Crippen molar-refractivity contribution in [3.63, 3.8) is 0 Å². The molecule has 0 bridgehead atoms. The summed E-state index contributed by atoms with van der Waals surface area (Å²) in [5.41, 5.74) is 1.28. The monoisotopic (exact) mass is 286 g/mol. The molecule has 1 aliphatic carbocycles. The van der Waals surface area contributed by atoms with Gasteiger partial charge < -0.3 is 10.1 Å². The molecule has 0 aliphatic heterocycles. The number of hydrogen-bond donors (Lipinski definition) is 1. The van der Waals surface area contributed by atoms with Crippen LogP contribution < -0.4 is 10.1 Å². The number of benzene rings is 1. The van der Waals surface area contributed by atoms with Crippen LogP contribution in [0.4, 0.5) is 0 Å². The number of nitrogens with zero attached hydrogens (tertiary/aromatic N) is 1. The van der Waals surface area contributed by atoms with Crippen LogP contribution in [0.1, 0.15) is 25.3 Å². The second kappa shape index (κ2) is 8.71. The van der Waals surface area contributed by atoms with Gasteiger partial charge in [0.05, 0.1) is 6.54 Å². The van der Waals surface area contributed by atoms with Gasteiger partial charge in [0.25, 0.3) is 0 Å². The Kier molecular flexibility index (Phi) is 6.59. The van der Waals surface area contributed by atoms with Gasteiger partial charge in [-0.05, 0) is 43.0 Å². The van der Waals surface area contributed by atoms with Crippen molar-refractivity contribution < 1.29 is 4.74 Å². The molecule has 1 saturated carbocycles. The Hall–Kier alpha value is -1.50. The fourth-order valence-corrected chi connectivity index (χ4v) is 2.30. The number of hydrogen-bond acceptors (Lipinski definition) is 3.